The number of nitrogens with one attached hydrogen (secondary N) is 2. The molecule has 2 aromatic rings. The lowest BCUT2D eigenvalue weighted by atomic mass is 10.2. The summed E-state index contributed by atoms with van der Waals surface area (Å²) in [4.78, 5) is 15.9. The predicted molar refractivity (Wildman–Crippen MR) is 84.4 cm³/mol. The van der Waals surface area contributed by atoms with E-state index < -0.39 is 0 Å². The first kappa shape index (κ1) is 15.2. The van der Waals surface area contributed by atoms with Gasteiger partial charge in [0.1, 0.15) is 5.82 Å². The number of hydrogen-bond donors (Lipinski definition) is 2. The SMILES string of the molecule is Cc1nccn1CCCNC(=O)NCc1ccc2c(c1)OCO2. The second-order valence-electron chi connectivity index (χ2n) is 5.32. The Kier molecular flexibility index (Phi) is 4.65. The maximum absolute atomic E-state index is 11.8. The molecule has 0 radical (unpaired) electrons. The van der Waals surface area contributed by atoms with Crippen molar-refractivity contribution in [3.05, 3.63) is 42.0 Å². The fraction of sp³-hybridized carbons (Fsp3) is 0.375. The van der Waals surface area contributed by atoms with Crippen LogP contribution in [0.4, 0.5) is 4.79 Å². The maximum Gasteiger partial charge on any atom is 0.315 e. The van der Waals surface area contributed by atoms with E-state index in [0.29, 0.717) is 13.1 Å². The van der Waals surface area contributed by atoms with Gasteiger partial charge in [0.2, 0.25) is 6.79 Å². The van der Waals surface area contributed by atoms with E-state index in [4.69, 9.17) is 9.47 Å². The Bertz CT molecular complexity index is 684. The first-order valence-electron chi connectivity index (χ1n) is 7.60. The summed E-state index contributed by atoms with van der Waals surface area (Å²) < 4.78 is 12.6. The Balaban J connectivity index is 1.36. The smallest absolute Gasteiger partial charge is 0.315 e. The number of carbonyl (C=O) groups is 1. The molecule has 23 heavy (non-hydrogen) atoms. The van der Waals surface area contributed by atoms with Crippen LogP contribution in [0.1, 0.15) is 17.8 Å². The number of aromatic nitrogens is 2. The summed E-state index contributed by atoms with van der Waals surface area (Å²) in [6.07, 6.45) is 4.57. The summed E-state index contributed by atoms with van der Waals surface area (Å²) in [5.74, 6) is 2.45. The van der Waals surface area contributed by atoms with Crippen molar-refractivity contribution in [1.29, 1.82) is 0 Å². The molecule has 3 rings (SSSR count). The molecule has 2 amide bonds. The lowest BCUT2D eigenvalue weighted by molar-refractivity contribution is 0.174. The molecular formula is C16H20N4O3. The van der Waals surface area contributed by atoms with Gasteiger partial charge in [-0.3, -0.25) is 0 Å². The van der Waals surface area contributed by atoms with Crippen molar-refractivity contribution in [2.45, 2.75) is 26.4 Å². The van der Waals surface area contributed by atoms with E-state index in [-0.39, 0.29) is 12.8 Å². The molecule has 122 valence electrons. The fourth-order valence-corrected chi connectivity index (χ4v) is 2.39. The number of ether oxygens (including phenoxy) is 2. The summed E-state index contributed by atoms with van der Waals surface area (Å²) >= 11 is 0. The van der Waals surface area contributed by atoms with Gasteiger partial charge in [-0.2, -0.15) is 0 Å². The molecule has 1 aromatic heterocycles. The minimum atomic E-state index is -0.176. The highest BCUT2D eigenvalue weighted by atomic mass is 16.7. The van der Waals surface area contributed by atoms with E-state index in [0.717, 1.165) is 35.9 Å². The van der Waals surface area contributed by atoms with E-state index in [9.17, 15) is 4.79 Å². The molecule has 0 fully saturated rings. The van der Waals surface area contributed by atoms with Gasteiger partial charge in [0, 0.05) is 32.0 Å². The zero-order chi connectivity index (χ0) is 16.1. The minimum absolute atomic E-state index is 0.176. The number of fused-ring (bicyclic) bond motifs is 1. The molecule has 0 spiro atoms. The third-order valence-electron chi connectivity index (χ3n) is 3.68. The average Bonchev–Trinajstić information content (AvgIpc) is 3.18. The van der Waals surface area contributed by atoms with E-state index in [1.165, 1.54) is 0 Å². The maximum atomic E-state index is 11.8. The van der Waals surface area contributed by atoms with Gasteiger partial charge >= 0.3 is 6.03 Å². The topological polar surface area (TPSA) is 77.4 Å². The predicted octanol–water partition coefficient (Wildman–Crippen LogP) is 1.81. The van der Waals surface area contributed by atoms with Crippen LogP contribution >= 0.6 is 0 Å². The zero-order valence-electron chi connectivity index (χ0n) is 13.0. The van der Waals surface area contributed by atoms with Crippen molar-refractivity contribution in [3.8, 4) is 11.5 Å². The molecule has 0 saturated heterocycles. The van der Waals surface area contributed by atoms with Crippen LogP contribution in [-0.2, 0) is 13.1 Å². The van der Waals surface area contributed by atoms with Crippen LogP contribution < -0.4 is 20.1 Å². The van der Waals surface area contributed by atoms with Gasteiger partial charge in [0.15, 0.2) is 11.5 Å². The highest BCUT2D eigenvalue weighted by molar-refractivity contribution is 5.73. The molecule has 0 bridgehead atoms. The van der Waals surface area contributed by atoms with E-state index in [1.807, 2.05) is 31.3 Å². The van der Waals surface area contributed by atoms with Crippen LogP contribution in [0.15, 0.2) is 30.6 Å². The first-order valence-corrected chi connectivity index (χ1v) is 7.60. The van der Waals surface area contributed by atoms with Crippen LogP contribution in [0.5, 0.6) is 11.5 Å². The van der Waals surface area contributed by atoms with Gasteiger partial charge in [-0.25, -0.2) is 9.78 Å². The standard InChI is InChI=1S/C16H20N4O3/c1-12-17-6-8-20(12)7-2-5-18-16(21)19-10-13-3-4-14-15(9-13)23-11-22-14/h3-4,6,8-9H,2,5,7,10-11H2,1H3,(H2,18,19,21). The number of urea groups is 1. The molecular weight excluding hydrogens is 296 g/mol. The second kappa shape index (κ2) is 7.04. The summed E-state index contributed by atoms with van der Waals surface area (Å²) in [5, 5.41) is 5.68. The first-order chi connectivity index (χ1) is 11.2. The Morgan fingerprint density at radius 1 is 1.30 bits per heavy atom. The van der Waals surface area contributed by atoms with Gasteiger partial charge in [-0.05, 0) is 31.0 Å². The Morgan fingerprint density at radius 2 is 2.17 bits per heavy atom. The molecule has 0 unspecified atom stereocenters. The van der Waals surface area contributed by atoms with E-state index in [1.54, 1.807) is 6.20 Å². The monoisotopic (exact) mass is 316 g/mol. The summed E-state index contributed by atoms with van der Waals surface area (Å²) in [6.45, 7) is 4.12. The molecule has 1 aliphatic heterocycles. The summed E-state index contributed by atoms with van der Waals surface area (Å²) in [6, 6.07) is 5.47. The Morgan fingerprint density at radius 3 is 3.00 bits per heavy atom. The van der Waals surface area contributed by atoms with Crippen LogP contribution in [0.3, 0.4) is 0 Å². The van der Waals surface area contributed by atoms with Crippen molar-refractivity contribution >= 4 is 6.03 Å². The van der Waals surface area contributed by atoms with Crippen LogP contribution in [0.25, 0.3) is 0 Å². The number of amides is 2. The molecule has 1 aliphatic rings. The molecule has 7 heteroatoms. The number of imidazole rings is 1. The van der Waals surface area contributed by atoms with Gasteiger partial charge in [0.25, 0.3) is 0 Å². The molecule has 0 aliphatic carbocycles. The van der Waals surface area contributed by atoms with Crippen molar-refractivity contribution in [2.75, 3.05) is 13.3 Å². The largest absolute Gasteiger partial charge is 0.454 e. The lowest BCUT2D eigenvalue weighted by Crippen LogP contribution is -2.35. The minimum Gasteiger partial charge on any atom is -0.454 e. The second-order valence-corrected chi connectivity index (χ2v) is 5.32. The summed E-state index contributed by atoms with van der Waals surface area (Å²) in [5.41, 5.74) is 0.971. The van der Waals surface area contributed by atoms with Crippen molar-refractivity contribution in [2.24, 2.45) is 0 Å². The van der Waals surface area contributed by atoms with Gasteiger partial charge < -0.3 is 24.7 Å². The van der Waals surface area contributed by atoms with Crippen molar-refractivity contribution in [1.82, 2.24) is 20.2 Å². The number of rotatable bonds is 6. The van der Waals surface area contributed by atoms with Crippen LogP contribution in [0.2, 0.25) is 0 Å². The molecule has 2 heterocycles. The van der Waals surface area contributed by atoms with Gasteiger partial charge in [0.05, 0.1) is 0 Å². The fourth-order valence-electron chi connectivity index (χ4n) is 2.39. The van der Waals surface area contributed by atoms with Crippen LogP contribution in [-0.4, -0.2) is 28.9 Å². The van der Waals surface area contributed by atoms with Crippen LogP contribution in [0, 0.1) is 6.92 Å². The quantitative estimate of drug-likeness (QED) is 0.797. The van der Waals surface area contributed by atoms with Gasteiger partial charge in [-0.1, -0.05) is 6.07 Å². The molecule has 2 N–H and O–H groups in total. The number of carbonyl (C=O) groups excluding carboxylic acids is 1. The molecule has 7 nitrogen and oxygen atoms in total. The number of benzene rings is 1. The molecule has 0 atom stereocenters. The average molecular weight is 316 g/mol. The van der Waals surface area contributed by atoms with Crippen molar-refractivity contribution in [3.63, 3.8) is 0 Å². The third-order valence-corrected chi connectivity index (χ3v) is 3.68. The highest BCUT2D eigenvalue weighted by Crippen LogP contribution is 2.32. The number of aryl methyl sites for hydroxylation is 2. The number of nitrogens with zero attached hydrogens (tertiary/aromatic N) is 2. The lowest BCUT2D eigenvalue weighted by Gasteiger charge is -2.09. The molecule has 1 aromatic carbocycles. The van der Waals surface area contributed by atoms with Crippen molar-refractivity contribution < 1.29 is 14.3 Å². The van der Waals surface area contributed by atoms with E-state index >= 15 is 0 Å². The summed E-state index contributed by atoms with van der Waals surface area (Å²) in [7, 11) is 0. The Labute approximate surface area is 134 Å². The number of hydrogen-bond acceptors (Lipinski definition) is 4. The zero-order valence-corrected chi connectivity index (χ0v) is 13.0. The normalized spacial score (nSPS) is 12.2. The Hall–Kier alpha value is -2.70. The highest BCUT2D eigenvalue weighted by Gasteiger charge is 2.13. The van der Waals surface area contributed by atoms with Gasteiger partial charge in [-0.15, -0.1) is 0 Å². The van der Waals surface area contributed by atoms with E-state index in [2.05, 4.69) is 20.2 Å². The molecule has 0 saturated carbocycles. The third kappa shape index (κ3) is 3.94.